The van der Waals surface area contributed by atoms with Gasteiger partial charge < -0.3 is 15.8 Å². The van der Waals surface area contributed by atoms with Gasteiger partial charge in [-0.3, -0.25) is 4.79 Å². The number of carbonyl (C=O) groups excluding carboxylic acids is 1. The summed E-state index contributed by atoms with van der Waals surface area (Å²) < 4.78 is 5.76. The SMILES string of the molecule is Nc1cccc(/C=C/C(=O)NCCOC2CCCCC2)c1. The zero-order valence-electron chi connectivity index (χ0n) is 12.4. The first-order valence-electron chi connectivity index (χ1n) is 7.67. The second-order valence-corrected chi connectivity index (χ2v) is 5.43. The molecule has 0 aromatic heterocycles. The molecular weight excluding hydrogens is 264 g/mol. The van der Waals surface area contributed by atoms with E-state index in [0.29, 0.717) is 24.9 Å². The molecule has 0 bridgehead atoms. The van der Waals surface area contributed by atoms with E-state index in [1.54, 1.807) is 6.08 Å². The number of nitrogens with two attached hydrogens (primary N) is 1. The van der Waals surface area contributed by atoms with Gasteiger partial charge in [-0.25, -0.2) is 0 Å². The fourth-order valence-corrected chi connectivity index (χ4v) is 2.53. The maximum Gasteiger partial charge on any atom is 0.244 e. The lowest BCUT2D eigenvalue weighted by Gasteiger charge is -2.21. The topological polar surface area (TPSA) is 64.4 Å². The summed E-state index contributed by atoms with van der Waals surface area (Å²) >= 11 is 0. The number of nitrogen functional groups attached to an aromatic ring is 1. The van der Waals surface area contributed by atoms with Gasteiger partial charge in [-0.1, -0.05) is 31.4 Å². The first kappa shape index (κ1) is 15.6. The van der Waals surface area contributed by atoms with E-state index in [4.69, 9.17) is 10.5 Å². The maximum atomic E-state index is 11.7. The number of ether oxygens (including phenoxy) is 1. The summed E-state index contributed by atoms with van der Waals surface area (Å²) in [7, 11) is 0. The molecule has 1 aliphatic rings. The third-order valence-corrected chi connectivity index (χ3v) is 3.64. The molecule has 1 saturated carbocycles. The minimum atomic E-state index is -0.107. The Morgan fingerprint density at radius 2 is 2.14 bits per heavy atom. The van der Waals surface area contributed by atoms with E-state index in [1.165, 1.54) is 25.3 Å². The van der Waals surface area contributed by atoms with Crippen molar-refractivity contribution in [3.8, 4) is 0 Å². The number of anilines is 1. The fourth-order valence-electron chi connectivity index (χ4n) is 2.53. The van der Waals surface area contributed by atoms with Gasteiger partial charge in [0.05, 0.1) is 12.7 Å². The van der Waals surface area contributed by atoms with Crippen LogP contribution in [0.5, 0.6) is 0 Å². The van der Waals surface area contributed by atoms with Crippen LogP contribution in [-0.4, -0.2) is 25.2 Å². The predicted molar refractivity (Wildman–Crippen MR) is 85.7 cm³/mol. The molecule has 4 nitrogen and oxygen atoms in total. The Balaban J connectivity index is 1.63. The van der Waals surface area contributed by atoms with Gasteiger partial charge in [0.1, 0.15) is 0 Å². The highest BCUT2D eigenvalue weighted by Crippen LogP contribution is 2.19. The number of rotatable bonds is 6. The molecule has 1 amide bonds. The van der Waals surface area contributed by atoms with Gasteiger partial charge in [-0.2, -0.15) is 0 Å². The van der Waals surface area contributed by atoms with E-state index in [0.717, 1.165) is 18.4 Å². The van der Waals surface area contributed by atoms with Crippen LogP contribution in [0.25, 0.3) is 6.08 Å². The number of hydrogen-bond donors (Lipinski definition) is 2. The summed E-state index contributed by atoms with van der Waals surface area (Å²) in [6.07, 6.45) is 9.83. The summed E-state index contributed by atoms with van der Waals surface area (Å²) in [4.78, 5) is 11.7. The minimum absolute atomic E-state index is 0.107. The number of amides is 1. The van der Waals surface area contributed by atoms with E-state index in [2.05, 4.69) is 5.32 Å². The predicted octanol–water partition coefficient (Wildman–Crippen LogP) is 2.75. The molecule has 4 heteroatoms. The Kier molecular flexibility index (Phi) is 6.28. The summed E-state index contributed by atoms with van der Waals surface area (Å²) in [5, 5.41) is 2.83. The molecule has 1 aromatic rings. The molecule has 0 heterocycles. The van der Waals surface area contributed by atoms with E-state index in [1.807, 2.05) is 24.3 Å². The smallest absolute Gasteiger partial charge is 0.244 e. The molecule has 0 unspecified atom stereocenters. The van der Waals surface area contributed by atoms with Gasteiger partial charge in [0, 0.05) is 18.3 Å². The zero-order chi connectivity index (χ0) is 14.9. The zero-order valence-corrected chi connectivity index (χ0v) is 12.4. The highest BCUT2D eigenvalue weighted by molar-refractivity contribution is 5.91. The Morgan fingerprint density at radius 3 is 2.90 bits per heavy atom. The van der Waals surface area contributed by atoms with E-state index in [-0.39, 0.29) is 5.91 Å². The molecule has 0 saturated heterocycles. The Hall–Kier alpha value is -1.81. The lowest BCUT2D eigenvalue weighted by atomic mass is 9.98. The van der Waals surface area contributed by atoms with Crippen molar-refractivity contribution in [3.63, 3.8) is 0 Å². The van der Waals surface area contributed by atoms with Crippen molar-refractivity contribution < 1.29 is 9.53 Å². The fraction of sp³-hybridized carbons (Fsp3) is 0.471. The van der Waals surface area contributed by atoms with Crippen molar-refractivity contribution in [2.75, 3.05) is 18.9 Å². The normalized spacial score (nSPS) is 16.2. The van der Waals surface area contributed by atoms with Crippen LogP contribution in [0.2, 0.25) is 0 Å². The lowest BCUT2D eigenvalue weighted by Crippen LogP contribution is -2.28. The lowest BCUT2D eigenvalue weighted by molar-refractivity contribution is -0.116. The second kappa shape index (κ2) is 8.47. The molecule has 2 rings (SSSR count). The van der Waals surface area contributed by atoms with Crippen LogP contribution in [0.4, 0.5) is 5.69 Å². The van der Waals surface area contributed by atoms with Gasteiger partial charge in [-0.05, 0) is 36.6 Å². The average Bonchev–Trinajstić information content (AvgIpc) is 2.51. The van der Waals surface area contributed by atoms with Crippen molar-refractivity contribution in [2.45, 2.75) is 38.2 Å². The first-order valence-corrected chi connectivity index (χ1v) is 7.67. The largest absolute Gasteiger partial charge is 0.399 e. The Morgan fingerprint density at radius 1 is 1.33 bits per heavy atom. The van der Waals surface area contributed by atoms with Gasteiger partial charge in [-0.15, -0.1) is 0 Å². The third kappa shape index (κ3) is 6.00. The van der Waals surface area contributed by atoms with Gasteiger partial charge in [0.25, 0.3) is 0 Å². The summed E-state index contributed by atoms with van der Waals surface area (Å²) in [5.41, 5.74) is 7.30. The highest BCUT2D eigenvalue weighted by Gasteiger charge is 2.12. The van der Waals surface area contributed by atoms with Gasteiger partial charge >= 0.3 is 0 Å². The quantitative estimate of drug-likeness (QED) is 0.480. The second-order valence-electron chi connectivity index (χ2n) is 5.43. The van der Waals surface area contributed by atoms with Gasteiger partial charge in [0.15, 0.2) is 0 Å². The molecular formula is C17H24N2O2. The minimum Gasteiger partial charge on any atom is -0.399 e. The molecule has 0 atom stereocenters. The highest BCUT2D eigenvalue weighted by atomic mass is 16.5. The standard InChI is InChI=1S/C17H24N2O2/c18-15-6-4-5-14(13-15)9-10-17(20)19-11-12-21-16-7-2-1-3-8-16/h4-6,9-10,13,16H,1-3,7-8,11-12,18H2,(H,19,20)/b10-9+. The molecule has 1 aromatic carbocycles. The third-order valence-electron chi connectivity index (χ3n) is 3.64. The van der Waals surface area contributed by atoms with Crippen LogP contribution in [0.15, 0.2) is 30.3 Å². The van der Waals surface area contributed by atoms with Crippen molar-refractivity contribution in [1.82, 2.24) is 5.32 Å². The number of hydrogen-bond acceptors (Lipinski definition) is 3. The first-order chi connectivity index (χ1) is 10.2. The molecule has 114 valence electrons. The maximum absolute atomic E-state index is 11.7. The van der Waals surface area contributed by atoms with Crippen molar-refractivity contribution in [1.29, 1.82) is 0 Å². The van der Waals surface area contributed by atoms with Crippen LogP contribution in [0.3, 0.4) is 0 Å². The van der Waals surface area contributed by atoms with Crippen LogP contribution in [-0.2, 0) is 9.53 Å². The monoisotopic (exact) mass is 288 g/mol. The number of benzene rings is 1. The molecule has 1 aliphatic carbocycles. The Bertz CT molecular complexity index is 479. The summed E-state index contributed by atoms with van der Waals surface area (Å²) in [5.74, 6) is -0.107. The molecule has 0 aliphatic heterocycles. The Labute approximate surface area is 126 Å². The molecule has 0 spiro atoms. The van der Waals surface area contributed by atoms with E-state index in [9.17, 15) is 4.79 Å². The van der Waals surface area contributed by atoms with Crippen molar-refractivity contribution in [3.05, 3.63) is 35.9 Å². The van der Waals surface area contributed by atoms with Crippen molar-refractivity contribution in [2.24, 2.45) is 0 Å². The molecule has 1 fully saturated rings. The number of carbonyl (C=O) groups is 1. The molecule has 21 heavy (non-hydrogen) atoms. The van der Waals surface area contributed by atoms with Crippen LogP contribution >= 0.6 is 0 Å². The van der Waals surface area contributed by atoms with Gasteiger partial charge in [0.2, 0.25) is 5.91 Å². The van der Waals surface area contributed by atoms with E-state index >= 15 is 0 Å². The summed E-state index contributed by atoms with van der Waals surface area (Å²) in [6, 6.07) is 7.42. The summed E-state index contributed by atoms with van der Waals surface area (Å²) in [6.45, 7) is 1.14. The molecule has 0 radical (unpaired) electrons. The number of nitrogens with one attached hydrogen (secondary N) is 1. The molecule has 3 N–H and O–H groups in total. The van der Waals surface area contributed by atoms with Crippen LogP contribution in [0.1, 0.15) is 37.7 Å². The average molecular weight is 288 g/mol. The van der Waals surface area contributed by atoms with Crippen LogP contribution in [0, 0.1) is 0 Å². The van der Waals surface area contributed by atoms with E-state index < -0.39 is 0 Å². The van der Waals surface area contributed by atoms with Crippen molar-refractivity contribution >= 4 is 17.7 Å². The van der Waals surface area contributed by atoms with Crippen LogP contribution < -0.4 is 11.1 Å².